The lowest BCUT2D eigenvalue weighted by molar-refractivity contribution is -0.164. The fourth-order valence-electron chi connectivity index (χ4n) is 3.20. The van der Waals surface area contributed by atoms with E-state index in [-0.39, 0.29) is 18.8 Å². The lowest BCUT2D eigenvalue weighted by Gasteiger charge is -2.29. The number of allylic oxidation sites excluding steroid dienone is 1. The molecule has 0 fully saturated rings. The summed E-state index contributed by atoms with van der Waals surface area (Å²) in [5.74, 6) is -4.46. The van der Waals surface area contributed by atoms with Crippen molar-refractivity contribution < 1.29 is 32.6 Å². The Balaban J connectivity index is 3.14. The molecule has 0 bridgehead atoms. The number of rotatable bonds is 13. The summed E-state index contributed by atoms with van der Waals surface area (Å²) < 4.78 is 31.7. The van der Waals surface area contributed by atoms with E-state index in [1.54, 1.807) is 26.8 Å². The number of esters is 1. The molecule has 196 valence electrons. The van der Waals surface area contributed by atoms with Crippen LogP contribution in [0.5, 0.6) is 0 Å². The number of hydrogen-bond acceptors (Lipinski definition) is 6. The monoisotopic (exact) mass is 511 g/mol. The van der Waals surface area contributed by atoms with Crippen LogP contribution in [-0.2, 0) is 29.3 Å². The van der Waals surface area contributed by atoms with Crippen molar-refractivity contribution in [3.63, 3.8) is 0 Å². The van der Waals surface area contributed by atoms with Gasteiger partial charge in [-0.2, -0.15) is 13.1 Å². The number of carbonyl (C=O) groups is 3. The van der Waals surface area contributed by atoms with Gasteiger partial charge in [-0.3, -0.25) is 19.8 Å². The summed E-state index contributed by atoms with van der Waals surface area (Å²) >= 11 is 0. The molecule has 35 heavy (non-hydrogen) atoms. The van der Waals surface area contributed by atoms with E-state index >= 15 is 0 Å². The highest BCUT2D eigenvalue weighted by Crippen LogP contribution is 2.28. The first-order valence-electron chi connectivity index (χ1n) is 11.4. The average molecular weight is 512 g/mol. The first-order valence-corrected chi connectivity index (χ1v) is 12.9. The fourth-order valence-corrected chi connectivity index (χ4v) is 4.06. The van der Waals surface area contributed by atoms with Gasteiger partial charge in [-0.25, -0.2) is 0 Å². The molecule has 0 saturated heterocycles. The SMILES string of the molecule is CC(C)C[C@@H](C(=O)NNS(=O)(=O)NC(C)C(=O)O)[C@H](CC=Cc1ccccc1)C(=O)OC(C)(C)C. The fraction of sp³-hybridized carbons (Fsp3) is 0.542. The van der Waals surface area contributed by atoms with Gasteiger partial charge in [0.2, 0.25) is 5.91 Å². The number of benzene rings is 1. The lowest BCUT2D eigenvalue weighted by Crippen LogP contribution is -2.53. The van der Waals surface area contributed by atoms with Gasteiger partial charge in [0.05, 0.1) is 11.8 Å². The number of carbonyl (C=O) groups excluding carboxylic acids is 2. The molecule has 1 unspecified atom stereocenters. The Morgan fingerprint density at radius 1 is 1.06 bits per heavy atom. The zero-order valence-corrected chi connectivity index (χ0v) is 21.9. The van der Waals surface area contributed by atoms with Gasteiger partial charge in [-0.15, -0.1) is 4.83 Å². The van der Waals surface area contributed by atoms with Gasteiger partial charge in [0, 0.05) is 0 Å². The molecule has 11 heteroatoms. The first kappa shape index (κ1) is 30.3. The minimum atomic E-state index is -4.35. The molecule has 0 aliphatic rings. The van der Waals surface area contributed by atoms with Crippen LogP contribution < -0.4 is 15.0 Å². The molecule has 0 aromatic heterocycles. The van der Waals surface area contributed by atoms with Gasteiger partial charge in [0.25, 0.3) is 10.2 Å². The second-order valence-electron chi connectivity index (χ2n) is 9.70. The average Bonchev–Trinajstić information content (AvgIpc) is 2.72. The van der Waals surface area contributed by atoms with Crippen molar-refractivity contribution in [1.29, 1.82) is 0 Å². The summed E-state index contributed by atoms with van der Waals surface area (Å²) in [6.45, 7) is 10.1. The zero-order valence-electron chi connectivity index (χ0n) is 21.1. The van der Waals surface area contributed by atoms with Crippen LogP contribution in [0, 0.1) is 17.8 Å². The molecule has 1 rings (SSSR count). The van der Waals surface area contributed by atoms with Crippen LogP contribution in [-0.4, -0.2) is 43.0 Å². The quantitative estimate of drug-likeness (QED) is 0.235. The van der Waals surface area contributed by atoms with Crippen LogP contribution in [0.4, 0.5) is 0 Å². The molecule has 1 amide bonds. The molecule has 0 saturated carbocycles. The Hall–Kier alpha value is -2.76. The predicted molar refractivity (Wildman–Crippen MR) is 133 cm³/mol. The molecule has 1 aromatic carbocycles. The Labute approximate surface area is 207 Å². The molecular formula is C24H37N3O7S. The van der Waals surface area contributed by atoms with Crippen LogP contribution in [0.3, 0.4) is 0 Å². The zero-order chi connectivity index (χ0) is 26.8. The molecule has 10 nitrogen and oxygen atoms in total. The summed E-state index contributed by atoms with van der Waals surface area (Å²) in [7, 11) is -4.35. The standard InChI is InChI=1S/C24H37N3O7S/c1-16(2)15-20(21(28)25-27-35(32,33)26-17(3)22(29)30)19(23(31)34-24(4,5)6)14-10-13-18-11-8-7-9-12-18/h7-13,16-17,19-20,26-27H,14-15H2,1-6H3,(H,25,28)(H,29,30)/t17?,19-,20+/m0/s1. The van der Waals surface area contributed by atoms with Crippen molar-refractivity contribution in [2.24, 2.45) is 17.8 Å². The van der Waals surface area contributed by atoms with Crippen LogP contribution >= 0.6 is 0 Å². The lowest BCUT2D eigenvalue weighted by atomic mass is 9.82. The van der Waals surface area contributed by atoms with E-state index in [0.29, 0.717) is 0 Å². The highest BCUT2D eigenvalue weighted by Gasteiger charge is 2.36. The van der Waals surface area contributed by atoms with Crippen LogP contribution in [0.15, 0.2) is 36.4 Å². The van der Waals surface area contributed by atoms with E-state index in [2.05, 4.69) is 5.43 Å². The summed E-state index contributed by atoms with van der Waals surface area (Å²) in [6.07, 6.45) is 4.09. The number of carboxylic acids is 1. The van der Waals surface area contributed by atoms with Crippen molar-refractivity contribution in [2.45, 2.75) is 66.0 Å². The molecule has 1 aromatic rings. The minimum Gasteiger partial charge on any atom is -0.480 e. The molecule has 0 aliphatic carbocycles. The molecule has 0 aliphatic heterocycles. The predicted octanol–water partition coefficient (Wildman–Crippen LogP) is 2.64. The maximum Gasteiger partial charge on any atom is 0.321 e. The third kappa shape index (κ3) is 12.0. The maximum absolute atomic E-state index is 13.1. The highest BCUT2D eigenvalue weighted by molar-refractivity contribution is 7.87. The highest BCUT2D eigenvalue weighted by atomic mass is 32.2. The van der Waals surface area contributed by atoms with Crippen LogP contribution in [0.25, 0.3) is 6.08 Å². The minimum absolute atomic E-state index is 0.00977. The molecule has 4 N–H and O–H groups in total. The molecule has 0 spiro atoms. The topological polar surface area (TPSA) is 151 Å². The van der Waals surface area contributed by atoms with Gasteiger partial charge in [-0.1, -0.05) is 56.3 Å². The van der Waals surface area contributed by atoms with E-state index in [1.807, 2.05) is 59.8 Å². The maximum atomic E-state index is 13.1. The van der Waals surface area contributed by atoms with Crippen molar-refractivity contribution in [1.82, 2.24) is 15.0 Å². The third-order valence-corrected chi connectivity index (χ3v) is 5.80. The number of carboxylic acid groups (broad SMARTS) is 1. The van der Waals surface area contributed by atoms with Crippen LogP contribution in [0.1, 0.15) is 59.9 Å². The first-order chi connectivity index (χ1) is 16.1. The van der Waals surface area contributed by atoms with E-state index in [4.69, 9.17) is 9.84 Å². The summed E-state index contributed by atoms with van der Waals surface area (Å²) in [5, 5.41) is 8.90. The van der Waals surface area contributed by atoms with Gasteiger partial charge in [0.15, 0.2) is 0 Å². The Morgan fingerprint density at radius 3 is 2.17 bits per heavy atom. The van der Waals surface area contributed by atoms with Gasteiger partial charge in [0.1, 0.15) is 11.6 Å². The van der Waals surface area contributed by atoms with Crippen molar-refractivity contribution in [3.05, 3.63) is 42.0 Å². The number of amides is 1. The van der Waals surface area contributed by atoms with Crippen LogP contribution in [0.2, 0.25) is 0 Å². The van der Waals surface area contributed by atoms with Gasteiger partial charge in [-0.05, 0) is 52.0 Å². The third-order valence-electron chi connectivity index (χ3n) is 4.77. The number of hydrogen-bond donors (Lipinski definition) is 4. The van der Waals surface area contributed by atoms with Crippen molar-refractivity contribution in [3.8, 4) is 0 Å². The Morgan fingerprint density at radius 2 is 1.66 bits per heavy atom. The Bertz CT molecular complexity index is 986. The number of aliphatic carboxylic acids is 1. The number of ether oxygens (including phenoxy) is 1. The summed E-state index contributed by atoms with van der Waals surface area (Å²) in [5.41, 5.74) is 2.26. The Kier molecular flexibility index (Phi) is 11.6. The second-order valence-corrected chi connectivity index (χ2v) is 11.1. The van der Waals surface area contributed by atoms with E-state index in [9.17, 15) is 22.8 Å². The van der Waals surface area contributed by atoms with Gasteiger partial charge < -0.3 is 9.84 Å². The number of hydrazine groups is 1. The van der Waals surface area contributed by atoms with E-state index in [0.717, 1.165) is 12.5 Å². The largest absolute Gasteiger partial charge is 0.480 e. The summed E-state index contributed by atoms with van der Waals surface area (Å²) in [4.78, 5) is 38.9. The second kappa shape index (κ2) is 13.4. The normalized spacial score (nSPS) is 14.9. The molecule has 0 radical (unpaired) electrons. The number of nitrogens with one attached hydrogen (secondary N) is 3. The van der Waals surface area contributed by atoms with E-state index in [1.165, 1.54) is 0 Å². The smallest absolute Gasteiger partial charge is 0.321 e. The molecule has 0 heterocycles. The van der Waals surface area contributed by atoms with Crippen molar-refractivity contribution in [2.75, 3.05) is 0 Å². The molecule has 3 atom stereocenters. The molecular weight excluding hydrogens is 474 g/mol. The van der Waals surface area contributed by atoms with E-state index < -0.39 is 51.5 Å². The summed E-state index contributed by atoms with van der Waals surface area (Å²) in [6, 6.07) is 8.04. The van der Waals surface area contributed by atoms with Crippen molar-refractivity contribution >= 4 is 34.1 Å². The van der Waals surface area contributed by atoms with Gasteiger partial charge >= 0.3 is 11.9 Å².